The standard InChI is InChI=1S/C16H18N6O.ClH/c1-22-9-11(6-19-22)12-7-17-8-13(12)16(23)20-14-4-2-3-10-5-18-21-15(10)14;/h2-6,9,12-13,17H,7-8H2,1H3,(H,18,21)(H,20,23);1H/t12-,13+;/m1./s1. The van der Waals surface area contributed by atoms with Gasteiger partial charge < -0.3 is 10.6 Å². The highest BCUT2D eigenvalue weighted by Crippen LogP contribution is 2.29. The van der Waals surface area contributed by atoms with Crippen molar-refractivity contribution >= 4 is 34.9 Å². The van der Waals surface area contributed by atoms with Gasteiger partial charge in [-0.3, -0.25) is 14.6 Å². The van der Waals surface area contributed by atoms with Crippen molar-refractivity contribution in [2.45, 2.75) is 5.92 Å². The molecule has 1 saturated heterocycles. The van der Waals surface area contributed by atoms with E-state index in [1.54, 1.807) is 10.9 Å². The molecule has 0 saturated carbocycles. The minimum atomic E-state index is -0.114. The van der Waals surface area contributed by atoms with E-state index in [1.807, 2.05) is 37.6 Å². The summed E-state index contributed by atoms with van der Waals surface area (Å²) in [5, 5.41) is 18.5. The average molecular weight is 347 g/mol. The largest absolute Gasteiger partial charge is 0.324 e. The Labute approximate surface area is 145 Å². The van der Waals surface area contributed by atoms with E-state index in [-0.39, 0.29) is 30.2 Å². The molecule has 0 bridgehead atoms. The molecule has 1 amide bonds. The number of para-hydroxylation sites is 1. The number of carbonyl (C=O) groups excluding carboxylic acids is 1. The predicted octanol–water partition coefficient (Wildman–Crippen LogP) is 1.66. The summed E-state index contributed by atoms with van der Waals surface area (Å²) in [6.07, 6.45) is 5.57. The summed E-state index contributed by atoms with van der Waals surface area (Å²) in [4.78, 5) is 12.8. The lowest BCUT2D eigenvalue weighted by Gasteiger charge is -2.17. The molecule has 24 heavy (non-hydrogen) atoms. The van der Waals surface area contributed by atoms with E-state index >= 15 is 0 Å². The van der Waals surface area contributed by atoms with Gasteiger partial charge in [0.15, 0.2) is 0 Å². The fraction of sp³-hybridized carbons (Fsp3) is 0.312. The number of carbonyl (C=O) groups is 1. The van der Waals surface area contributed by atoms with Crippen LogP contribution in [0.5, 0.6) is 0 Å². The van der Waals surface area contributed by atoms with E-state index in [9.17, 15) is 4.79 Å². The molecule has 3 heterocycles. The van der Waals surface area contributed by atoms with Gasteiger partial charge in [-0.25, -0.2) is 0 Å². The lowest BCUT2D eigenvalue weighted by atomic mass is 9.90. The minimum Gasteiger partial charge on any atom is -0.324 e. The van der Waals surface area contributed by atoms with E-state index in [1.165, 1.54) is 0 Å². The zero-order valence-electron chi connectivity index (χ0n) is 13.2. The quantitative estimate of drug-likeness (QED) is 0.673. The van der Waals surface area contributed by atoms with Crippen LogP contribution in [0.3, 0.4) is 0 Å². The van der Waals surface area contributed by atoms with Gasteiger partial charge in [0.25, 0.3) is 0 Å². The predicted molar refractivity (Wildman–Crippen MR) is 94.3 cm³/mol. The summed E-state index contributed by atoms with van der Waals surface area (Å²) in [5.41, 5.74) is 2.71. The van der Waals surface area contributed by atoms with Gasteiger partial charge >= 0.3 is 0 Å². The van der Waals surface area contributed by atoms with Gasteiger partial charge in [0.2, 0.25) is 5.91 Å². The van der Waals surface area contributed by atoms with E-state index in [0.29, 0.717) is 6.54 Å². The first-order chi connectivity index (χ1) is 11.2. The summed E-state index contributed by atoms with van der Waals surface area (Å²) < 4.78 is 1.77. The van der Waals surface area contributed by atoms with Crippen molar-refractivity contribution in [3.63, 3.8) is 0 Å². The summed E-state index contributed by atoms with van der Waals surface area (Å²) >= 11 is 0. The molecule has 3 aromatic rings. The van der Waals surface area contributed by atoms with E-state index < -0.39 is 0 Å². The molecule has 8 heteroatoms. The van der Waals surface area contributed by atoms with Gasteiger partial charge in [-0.05, 0) is 11.6 Å². The Hall–Kier alpha value is -2.38. The Morgan fingerprint density at radius 3 is 3.00 bits per heavy atom. The van der Waals surface area contributed by atoms with Crippen LogP contribution in [0.4, 0.5) is 5.69 Å². The second kappa shape index (κ2) is 6.62. The molecule has 3 N–H and O–H groups in total. The molecule has 0 spiro atoms. The third-order valence-electron chi connectivity index (χ3n) is 4.44. The number of aromatic amines is 1. The van der Waals surface area contributed by atoms with Crippen LogP contribution in [0.15, 0.2) is 36.8 Å². The second-order valence-electron chi connectivity index (χ2n) is 5.95. The van der Waals surface area contributed by atoms with Gasteiger partial charge in [-0.1, -0.05) is 12.1 Å². The molecule has 0 unspecified atom stereocenters. The zero-order valence-corrected chi connectivity index (χ0v) is 14.0. The topological polar surface area (TPSA) is 87.6 Å². The van der Waals surface area contributed by atoms with Gasteiger partial charge in [-0.15, -0.1) is 12.4 Å². The van der Waals surface area contributed by atoms with Crippen LogP contribution in [0.1, 0.15) is 11.5 Å². The number of rotatable bonds is 3. The molecular weight excluding hydrogens is 328 g/mol. The molecule has 1 aromatic carbocycles. The Morgan fingerprint density at radius 1 is 1.33 bits per heavy atom. The minimum absolute atomic E-state index is 0. The number of nitrogens with zero attached hydrogens (tertiary/aromatic N) is 3. The van der Waals surface area contributed by atoms with Crippen molar-refractivity contribution in [2.24, 2.45) is 13.0 Å². The number of hydrogen-bond acceptors (Lipinski definition) is 4. The van der Waals surface area contributed by atoms with Crippen LogP contribution in [0.25, 0.3) is 10.9 Å². The number of fused-ring (bicyclic) bond motifs is 1. The molecule has 4 rings (SSSR count). The van der Waals surface area contributed by atoms with Gasteiger partial charge in [0.1, 0.15) is 0 Å². The third kappa shape index (κ3) is 2.88. The molecule has 126 valence electrons. The summed E-state index contributed by atoms with van der Waals surface area (Å²) in [7, 11) is 1.89. The number of benzene rings is 1. The monoisotopic (exact) mass is 346 g/mol. The van der Waals surface area contributed by atoms with Crippen LogP contribution in [0, 0.1) is 5.92 Å². The Kier molecular flexibility index (Phi) is 4.55. The number of H-pyrrole nitrogens is 1. The first-order valence-electron chi connectivity index (χ1n) is 7.64. The number of amides is 1. The molecule has 7 nitrogen and oxygen atoms in total. The van der Waals surface area contributed by atoms with Crippen molar-refractivity contribution in [3.05, 3.63) is 42.4 Å². The second-order valence-corrected chi connectivity index (χ2v) is 5.95. The highest BCUT2D eigenvalue weighted by molar-refractivity contribution is 6.01. The fourth-order valence-corrected chi connectivity index (χ4v) is 3.23. The maximum absolute atomic E-state index is 12.8. The molecule has 1 aliphatic rings. The number of aryl methyl sites for hydroxylation is 1. The molecule has 0 aliphatic carbocycles. The fourth-order valence-electron chi connectivity index (χ4n) is 3.23. The van der Waals surface area contributed by atoms with Crippen molar-refractivity contribution in [2.75, 3.05) is 18.4 Å². The molecule has 1 aliphatic heterocycles. The normalized spacial score (nSPS) is 20.0. The van der Waals surface area contributed by atoms with Gasteiger partial charge in [0.05, 0.1) is 29.5 Å². The van der Waals surface area contributed by atoms with Crippen LogP contribution in [-0.4, -0.2) is 39.0 Å². The molecule has 0 radical (unpaired) electrons. The lowest BCUT2D eigenvalue weighted by molar-refractivity contribution is -0.119. The average Bonchev–Trinajstić information content (AvgIpc) is 3.26. The summed E-state index contributed by atoms with van der Waals surface area (Å²) in [6.45, 7) is 1.46. The van der Waals surface area contributed by atoms with Crippen molar-refractivity contribution in [3.8, 4) is 0 Å². The summed E-state index contributed by atoms with van der Waals surface area (Å²) in [5.74, 6) is 0.0491. The van der Waals surface area contributed by atoms with Gasteiger partial charge in [-0.2, -0.15) is 10.2 Å². The number of halogens is 1. The molecule has 2 aromatic heterocycles. The van der Waals surface area contributed by atoms with Crippen LogP contribution in [-0.2, 0) is 11.8 Å². The van der Waals surface area contributed by atoms with Crippen molar-refractivity contribution in [1.29, 1.82) is 0 Å². The van der Waals surface area contributed by atoms with E-state index in [0.717, 1.165) is 28.7 Å². The highest BCUT2D eigenvalue weighted by Gasteiger charge is 2.34. The molecule has 2 atom stereocenters. The summed E-state index contributed by atoms with van der Waals surface area (Å²) in [6, 6.07) is 5.77. The number of anilines is 1. The van der Waals surface area contributed by atoms with Crippen LogP contribution >= 0.6 is 12.4 Å². The van der Waals surface area contributed by atoms with Crippen LogP contribution in [0.2, 0.25) is 0 Å². The smallest absolute Gasteiger partial charge is 0.229 e. The SMILES string of the molecule is Cl.Cn1cc([C@H]2CNC[C@@H]2C(=O)Nc2cccc3cn[nH]c23)cn1. The highest BCUT2D eigenvalue weighted by atomic mass is 35.5. The Bertz CT molecular complexity index is 857. The van der Waals surface area contributed by atoms with E-state index in [4.69, 9.17) is 0 Å². The number of nitrogens with one attached hydrogen (secondary N) is 3. The first kappa shape index (κ1) is 16.5. The van der Waals surface area contributed by atoms with Crippen LogP contribution < -0.4 is 10.6 Å². The molecule has 1 fully saturated rings. The number of aromatic nitrogens is 4. The maximum Gasteiger partial charge on any atom is 0.229 e. The van der Waals surface area contributed by atoms with Crippen molar-refractivity contribution < 1.29 is 4.79 Å². The Morgan fingerprint density at radius 2 is 2.21 bits per heavy atom. The first-order valence-corrected chi connectivity index (χ1v) is 7.64. The number of hydrogen-bond donors (Lipinski definition) is 3. The van der Waals surface area contributed by atoms with Crippen molar-refractivity contribution in [1.82, 2.24) is 25.3 Å². The van der Waals surface area contributed by atoms with E-state index in [2.05, 4.69) is 25.9 Å². The molecular formula is C16H19ClN6O. The lowest BCUT2D eigenvalue weighted by Crippen LogP contribution is -2.28. The Balaban J connectivity index is 0.00000169. The zero-order chi connectivity index (χ0) is 15.8. The maximum atomic E-state index is 12.8. The third-order valence-corrected chi connectivity index (χ3v) is 4.44. The van der Waals surface area contributed by atoms with Gasteiger partial charge in [0, 0.05) is 37.6 Å².